The predicted octanol–water partition coefficient (Wildman–Crippen LogP) is 2.11. The highest BCUT2D eigenvalue weighted by Gasteiger charge is 2.28. The quantitative estimate of drug-likeness (QED) is 0.825. The van der Waals surface area contributed by atoms with E-state index in [1.165, 1.54) is 0 Å². The zero-order valence-corrected chi connectivity index (χ0v) is 11.4. The van der Waals surface area contributed by atoms with Gasteiger partial charge in [0.25, 0.3) is 5.91 Å². The Balaban J connectivity index is 2.22. The fraction of sp³-hybridized carbons (Fsp3) is 0.533. The van der Waals surface area contributed by atoms with Crippen LogP contribution in [0.5, 0.6) is 0 Å². The summed E-state index contributed by atoms with van der Waals surface area (Å²) in [5.74, 6) is 0.639. The molecule has 1 heterocycles. The van der Waals surface area contributed by atoms with Crippen LogP contribution >= 0.6 is 0 Å². The molecule has 1 fully saturated rings. The number of carbonyl (C=O) groups is 1. The molecule has 98 valence electrons. The summed E-state index contributed by atoms with van der Waals surface area (Å²) < 4.78 is 0. The van der Waals surface area contributed by atoms with Crippen LogP contribution in [0.2, 0.25) is 0 Å². The van der Waals surface area contributed by atoms with Crippen LogP contribution in [0.25, 0.3) is 0 Å². The summed E-state index contributed by atoms with van der Waals surface area (Å²) in [5, 5.41) is 0. The maximum atomic E-state index is 12.6. The molecule has 3 nitrogen and oxygen atoms in total. The summed E-state index contributed by atoms with van der Waals surface area (Å²) in [4.78, 5) is 14.5. The van der Waals surface area contributed by atoms with Crippen LogP contribution < -0.4 is 5.73 Å². The van der Waals surface area contributed by atoms with Crippen LogP contribution in [-0.4, -0.2) is 29.9 Å². The van der Waals surface area contributed by atoms with Gasteiger partial charge in [-0.3, -0.25) is 4.79 Å². The minimum absolute atomic E-state index is 0.104. The van der Waals surface area contributed by atoms with Crippen LogP contribution in [0.15, 0.2) is 18.2 Å². The van der Waals surface area contributed by atoms with Gasteiger partial charge in [-0.1, -0.05) is 25.1 Å². The van der Waals surface area contributed by atoms with Gasteiger partial charge in [0.2, 0.25) is 0 Å². The topological polar surface area (TPSA) is 46.3 Å². The number of amides is 1. The highest BCUT2D eigenvalue weighted by molar-refractivity contribution is 5.97. The Morgan fingerprint density at radius 2 is 1.94 bits per heavy atom. The van der Waals surface area contributed by atoms with Crippen molar-refractivity contribution in [1.29, 1.82) is 0 Å². The second-order valence-corrected chi connectivity index (χ2v) is 5.45. The SMILES string of the molecule is Cc1cccc(C)c1C(=O)N1CCC(C)C(N)C1. The van der Waals surface area contributed by atoms with Crippen LogP contribution in [0.1, 0.15) is 34.8 Å². The first-order chi connectivity index (χ1) is 8.50. The van der Waals surface area contributed by atoms with Crippen molar-refractivity contribution in [2.24, 2.45) is 11.7 Å². The molecule has 0 spiro atoms. The van der Waals surface area contributed by atoms with Gasteiger partial charge in [0.15, 0.2) is 0 Å². The minimum atomic E-state index is 0.104. The van der Waals surface area contributed by atoms with E-state index in [0.29, 0.717) is 12.5 Å². The lowest BCUT2D eigenvalue weighted by atomic mass is 9.93. The van der Waals surface area contributed by atoms with Crippen LogP contribution in [0.3, 0.4) is 0 Å². The number of hydrogen-bond donors (Lipinski definition) is 1. The Morgan fingerprint density at radius 3 is 2.50 bits per heavy atom. The second-order valence-electron chi connectivity index (χ2n) is 5.45. The highest BCUT2D eigenvalue weighted by Crippen LogP contribution is 2.21. The van der Waals surface area contributed by atoms with E-state index in [1.54, 1.807) is 0 Å². The monoisotopic (exact) mass is 246 g/mol. The Morgan fingerprint density at radius 1 is 1.33 bits per heavy atom. The fourth-order valence-electron chi connectivity index (χ4n) is 2.59. The van der Waals surface area contributed by atoms with E-state index in [1.807, 2.05) is 36.9 Å². The first-order valence-electron chi connectivity index (χ1n) is 6.61. The summed E-state index contributed by atoms with van der Waals surface area (Å²) in [6.07, 6.45) is 0.998. The van der Waals surface area contributed by atoms with Crippen molar-refractivity contribution in [3.8, 4) is 0 Å². The minimum Gasteiger partial charge on any atom is -0.337 e. The van der Waals surface area contributed by atoms with Gasteiger partial charge in [0, 0.05) is 24.7 Å². The standard InChI is InChI=1S/C15H22N2O/c1-10-7-8-17(9-13(10)16)15(18)14-11(2)5-4-6-12(14)3/h4-6,10,13H,7-9,16H2,1-3H3. The van der Waals surface area contributed by atoms with Gasteiger partial charge in [-0.15, -0.1) is 0 Å². The second kappa shape index (κ2) is 5.11. The summed E-state index contributed by atoms with van der Waals surface area (Å²) in [6.45, 7) is 7.64. The van der Waals surface area contributed by atoms with Gasteiger partial charge in [-0.2, -0.15) is 0 Å². The molecule has 0 aliphatic carbocycles. The van der Waals surface area contributed by atoms with E-state index < -0.39 is 0 Å². The average molecular weight is 246 g/mol. The number of nitrogens with two attached hydrogens (primary N) is 1. The molecular weight excluding hydrogens is 224 g/mol. The number of piperidine rings is 1. The molecule has 1 saturated heterocycles. The van der Waals surface area contributed by atoms with Gasteiger partial charge in [0.1, 0.15) is 0 Å². The number of aryl methyl sites for hydroxylation is 2. The summed E-state index contributed by atoms with van der Waals surface area (Å²) in [6, 6.07) is 6.08. The predicted molar refractivity (Wildman–Crippen MR) is 73.6 cm³/mol. The summed E-state index contributed by atoms with van der Waals surface area (Å²) in [7, 11) is 0. The zero-order chi connectivity index (χ0) is 13.3. The molecule has 1 aromatic carbocycles. The third-order valence-corrected chi connectivity index (χ3v) is 4.00. The van der Waals surface area contributed by atoms with Gasteiger partial charge < -0.3 is 10.6 Å². The number of nitrogens with zero attached hydrogens (tertiary/aromatic N) is 1. The molecule has 2 rings (SSSR count). The third-order valence-electron chi connectivity index (χ3n) is 4.00. The van der Waals surface area contributed by atoms with Gasteiger partial charge in [-0.05, 0) is 37.3 Å². The van der Waals surface area contributed by atoms with Crippen molar-refractivity contribution < 1.29 is 4.79 Å². The van der Waals surface area contributed by atoms with Crippen LogP contribution in [0.4, 0.5) is 0 Å². The molecule has 2 unspecified atom stereocenters. The number of benzene rings is 1. The van der Waals surface area contributed by atoms with Crippen LogP contribution in [0, 0.1) is 19.8 Å². The maximum Gasteiger partial charge on any atom is 0.254 e. The lowest BCUT2D eigenvalue weighted by Crippen LogP contribution is -2.49. The molecule has 0 radical (unpaired) electrons. The average Bonchev–Trinajstić information content (AvgIpc) is 2.32. The molecule has 1 amide bonds. The van der Waals surface area contributed by atoms with E-state index in [-0.39, 0.29) is 11.9 Å². The van der Waals surface area contributed by atoms with Crippen molar-refractivity contribution in [3.63, 3.8) is 0 Å². The molecular formula is C15H22N2O. The molecule has 2 atom stereocenters. The smallest absolute Gasteiger partial charge is 0.254 e. The maximum absolute atomic E-state index is 12.6. The van der Waals surface area contributed by atoms with Gasteiger partial charge >= 0.3 is 0 Å². The number of rotatable bonds is 1. The number of hydrogen-bond acceptors (Lipinski definition) is 2. The largest absolute Gasteiger partial charge is 0.337 e. The molecule has 1 aromatic rings. The molecule has 2 N–H and O–H groups in total. The normalized spacial score (nSPS) is 24.1. The van der Waals surface area contributed by atoms with E-state index in [2.05, 4.69) is 6.92 Å². The van der Waals surface area contributed by atoms with Crippen LogP contribution in [-0.2, 0) is 0 Å². The highest BCUT2D eigenvalue weighted by atomic mass is 16.2. The lowest BCUT2D eigenvalue weighted by Gasteiger charge is -2.35. The molecule has 3 heteroatoms. The molecule has 1 aliphatic heterocycles. The Kier molecular flexibility index (Phi) is 3.71. The van der Waals surface area contributed by atoms with E-state index in [4.69, 9.17) is 5.73 Å². The summed E-state index contributed by atoms with van der Waals surface area (Å²) >= 11 is 0. The molecule has 18 heavy (non-hydrogen) atoms. The van der Waals surface area contributed by atoms with Crippen molar-refractivity contribution >= 4 is 5.91 Å². The molecule has 0 bridgehead atoms. The third kappa shape index (κ3) is 2.41. The van der Waals surface area contributed by atoms with Crippen molar-refractivity contribution in [2.75, 3.05) is 13.1 Å². The Labute approximate surface area is 109 Å². The first-order valence-corrected chi connectivity index (χ1v) is 6.61. The molecule has 0 aromatic heterocycles. The van der Waals surface area contributed by atoms with E-state index in [9.17, 15) is 4.79 Å². The van der Waals surface area contributed by atoms with E-state index in [0.717, 1.165) is 29.7 Å². The molecule has 0 saturated carbocycles. The van der Waals surface area contributed by atoms with Gasteiger partial charge in [0.05, 0.1) is 0 Å². The fourth-order valence-corrected chi connectivity index (χ4v) is 2.59. The van der Waals surface area contributed by atoms with Crippen molar-refractivity contribution in [3.05, 3.63) is 34.9 Å². The number of likely N-dealkylation sites (tertiary alicyclic amines) is 1. The van der Waals surface area contributed by atoms with Crippen molar-refractivity contribution in [1.82, 2.24) is 4.90 Å². The lowest BCUT2D eigenvalue weighted by molar-refractivity contribution is 0.0671. The zero-order valence-electron chi connectivity index (χ0n) is 11.4. The van der Waals surface area contributed by atoms with E-state index >= 15 is 0 Å². The molecule has 1 aliphatic rings. The Bertz CT molecular complexity index is 436. The van der Waals surface area contributed by atoms with Gasteiger partial charge in [-0.25, -0.2) is 0 Å². The first kappa shape index (κ1) is 13.1. The number of carbonyl (C=O) groups excluding carboxylic acids is 1. The Hall–Kier alpha value is -1.35. The summed E-state index contributed by atoms with van der Waals surface area (Å²) in [5.41, 5.74) is 9.01. The van der Waals surface area contributed by atoms with Crippen molar-refractivity contribution in [2.45, 2.75) is 33.2 Å².